The summed E-state index contributed by atoms with van der Waals surface area (Å²) in [5.74, 6) is 0.772. The fourth-order valence-electron chi connectivity index (χ4n) is 1.46. The second-order valence-electron chi connectivity index (χ2n) is 3.63. The van der Waals surface area contributed by atoms with Gasteiger partial charge in [-0.2, -0.15) is 5.26 Å². The Morgan fingerprint density at radius 3 is 3.05 bits per heavy atom. The van der Waals surface area contributed by atoms with Gasteiger partial charge in [-0.25, -0.2) is 9.78 Å². The molecule has 0 bridgehead atoms. The highest BCUT2D eigenvalue weighted by Gasteiger charge is 2.10. The molecule has 1 N–H and O–H groups in total. The number of nitriles is 1. The van der Waals surface area contributed by atoms with E-state index in [1.165, 1.54) is 7.11 Å². The lowest BCUT2D eigenvalue weighted by Crippen LogP contribution is -2.01. The average molecular weight is 257 g/mol. The van der Waals surface area contributed by atoms with Crippen LogP contribution in [0.2, 0.25) is 0 Å². The summed E-state index contributed by atoms with van der Waals surface area (Å²) in [6.45, 7) is 0.360. The van der Waals surface area contributed by atoms with Gasteiger partial charge in [0.2, 0.25) is 5.76 Å². The number of hydrogen-bond acceptors (Lipinski definition) is 6. The summed E-state index contributed by atoms with van der Waals surface area (Å²) < 4.78 is 9.83. The number of carbonyl (C=O) groups is 1. The molecule has 2 aromatic rings. The Hall–Kier alpha value is -2.81. The van der Waals surface area contributed by atoms with Crippen LogP contribution in [0.5, 0.6) is 0 Å². The Kier molecular flexibility index (Phi) is 3.78. The molecule has 19 heavy (non-hydrogen) atoms. The summed E-state index contributed by atoms with van der Waals surface area (Å²) in [5.41, 5.74) is 0.333. The molecule has 2 rings (SSSR count). The van der Waals surface area contributed by atoms with Gasteiger partial charge in [-0.1, -0.05) is 6.07 Å². The van der Waals surface area contributed by atoms with Crippen LogP contribution in [0, 0.1) is 11.3 Å². The maximum atomic E-state index is 11.2. The number of esters is 1. The largest absolute Gasteiger partial charge is 0.463 e. The quantitative estimate of drug-likeness (QED) is 0.842. The summed E-state index contributed by atoms with van der Waals surface area (Å²) in [4.78, 5) is 15.3. The van der Waals surface area contributed by atoms with Crippen LogP contribution in [-0.2, 0) is 11.3 Å². The van der Waals surface area contributed by atoms with Gasteiger partial charge in [0.05, 0.1) is 13.7 Å². The zero-order valence-electron chi connectivity index (χ0n) is 10.2. The molecule has 0 unspecified atom stereocenters. The molecule has 6 nitrogen and oxygen atoms in total. The van der Waals surface area contributed by atoms with Gasteiger partial charge in [-0.05, 0) is 24.3 Å². The maximum absolute atomic E-state index is 11.2. The number of carbonyl (C=O) groups excluding carboxylic acids is 1. The van der Waals surface area contributed by atoms with E-state index in [1.807, 2.05) is 6.07 Å². The van der Waals surface area contributed by atoms with Crippen LogP contribution < -0.4 is 5.32 Å². The fraction of sp³-hybridized carbons (Fsp3) is 0.154. The Labute approximate surface area is 109 Å². The molecule has 0 fully saturated rings. The molecule has 0 aliphatic carbocycles. The van der Waals surface area contributed by atoms with Crippen molar-refractivity contribution in [3.05, 3.63) is 47.5 Å². The number of ether oxygens (including phenoxy) is 1. The number of hydrogen-bond donors (Lipinski definition) is 1. The van der Waals surface area contributed by atoms with Crippen molar-refractivity contribution in [1.82, 2.24) is 4.98 Å². The zero-order chi connectivity index (χ0) is 13.7. The van der Waals surface area contributed by atoms with Crippen molar-refractivity contribution in [2.45, 2.75) is 6.54 Å². The minimum absolute atomic E-state index is 0.151. The van der Waals surface area contributed by atoms with Gasteiger partial charge < -0.3 is 14.5 Å². The highest BCUT2D eigenvalue weighted by Crippen LogP contribution is 2.11. The van der Waals surface area contributed by atoms with Gasteiger partial charge in [0, 0.05) is 0 Å². The molecule has 6 heteroatoms. The molecule has 2 heterocycles. The molecular formula is C13H11N3O3. The van der Waals surface area contributed by atoms with Crippen LogP contribution in [0.1, 0.15) is 22.0 Å². The third-order valence-electron chi connectivity index (χ3n) is 2.36. The number of rotatable bonds is 4. The number of pyridine rings is 1. The van der Waals surface area contributed by atoms with Crippen molar-refractivity contribution in [2.24, 2.45) is 0 Å². The first-order valence-corrected chi connectivity index (χ1v) is 5.51. The van der Waals surface area contributed by atoms with Crippen LogP contribution >= 0.6 is 0 Å². The van der Waals surface area contributed by atoms with Gasteiger partial charge in [0.1, 0.15) is 23.3 Å². The number of nitrogens with one attached hydrogen (secondary N) is 1. The van der Waals surface area contributed by atoms with Crippen LogP contribution in [0.3, 0.4) is 0 Å². The predicted molar refractivity (Wildman–Crippen MR) is 66.3 cm³/mol. The van der Waals surface area contributed by atoms with E-state index in [1.54, 1.807) is 30.3 Å². The number of methoxy groups -OCH3 is 1. The van der Waals surface area contributed by atoms with Crippen molar-refractivity contribution in [1.29, 1.82) is 5.26 Å². The highest BCUT2D eigenvalue weighted by molar-refractivity contribution is 5.86. The highest BCUT2D eigenvalue weighted by atomic mass is 16.5. The van der Waals surface area contributed by atoms with E-state index >= 15 is 0 Å². The smallest absolute Gasteiger partial charge is 0.373 e. The Morgan fingerprint density at radius 1 is 1.47 bits per heavy atom. The van der Waals surface area contributed by atoms with Crippen molar-refractivity contribution >= 4 is 11.8 Å². The summed E-state index contributed by atoms with van der Waals surface area (Å²) >= 11 is 0. The van der Waals surface area contributed by atoms with Gasteiger partial charge in [0.25, 0.3) is 0 Å². The molecule has 0 aromatic carbocycles. The second-order valence-corrected chi connectivity index (χ2v) is 3.63. The lowest BCUT2D eigenvalue weighted by molar-refractivity contribution is 0.0563. The molecule has 0 saturated carbocycles. The molecule has 0 spiro atoms. The Balaban J connectivity index is 2.00. The Morgan fingerprint density at radius 2 is 2.32 bits per heavy atom. The maximum Gasteiger partial charge on any atom is 0.373 e. The van der Waals surface area contributed by atoms with Crippen molar-refractivity contribution < 1.29 is 13.9 Å². The monoisotopic (exact) mass is 257 g/mol. The number of nitrogens with zero attached hydrogens (tertiary/aromatic N) is 2. The van der Waals surface area contributed by atoms with Crippen LogP contribution in [0.15, 0.2) is 34.7 Å². The van der Waals surface area contributed by atoms with Crippen LogP contribution in [0.4, 0.5) is 5.82 Å². The first kappa shape index (κ1) is 12.6. The molecule has 0 aliphatic rings. The van der Waals surface area contributed by atoms with Gasteiger partial charge >= 0.3 is 5.97 Å². The standard InChI is InChI=1S/C13H11N3O3/c1-18-13(17)11-6-5-10(19-11)8-15-12-4-2-3-9(7-14)16-12/h2-6H,8H2,1H3,(H,15,16). The average Bonchev–Trinajstić information content (AvgIpc) is 2.93. The Bertz CT molecular complexity index is 628. The first-order valence-electron chi connectivity index (χ1n) is 5.51. The third kappa shape index (κ3) is 3.10. The molecule has 0 saturated heterocycles. The molecule has 0 aliphatic heterocycles. The zero-order valence-corrected chi connectivity index (χ0v) is 10.2. The lowest BCUT2D eigenvalue weighted by Gasteiger charge is -2.03. The molecule has 96 valence electrons. The van der Waals surface area contributed by atoms with E-state index in [9.17, 15) is 4.79 Å². The minimum Gasteiger partial charge on any atom is -0.463 e. The summed E-state index contributed by atoms with van der Waals surface area (Å²) in [6.07, 6.45) is 0. The number of anilines is 1. The fourth-order valence-corrected chi connectivity index (χ4v) is 1.46. The lowest BCUT2D eigenvalue weighted by atomic mass is 10.3. The van der Waals surface area contributed by atoms with Gasteiger partial charge in [-0.3, -0.25) is 0 Å². The van der Waals surface area contributed by atoms with Crippen molar-refractivity contribution in [3.63, 3.8) is 0 Å². The summed E-state index contributed by atoms with van der Waals surface area (Å²) in [6, 6.07) is 10.3. The normalized spacial score (nSPS) is 9.68. The molecular weight excluding hydrogens is 246 g/mol. The van der Waals surface area contributed by atoms with Crippen molar-refractivity contribution in [2.75, 3.05) is 12.4 Å². The third-order valence-corrected chi connectivity index (χ3v) is 2.36. The van der Waals surface area contributed by atoms with E-state index in [-0.39, 0.29) is 5.76 Å². The van der Waals surface area contributed by atoms with E-state index in [0.29, 0.717) is 23.8 Å². The summed E-state index contributed by atoms with van der Waals surface area (Å²) in [7, 11) is 1.29. The van der Waals surface area contributed by atoms with Crippen LogP contribution in [-0.4, -0.2) is 18.1 Å². The first-order chi connectivity index (χ1) is 9.22. The van der Waals surface area contributed by atoms with Gasteiger partial charge in [0.15, 0.2) is 0 Å². The van der Waals surface area contributed by atoms with E-state index in [0.717, 1.165) is 0 Å². The van der Waals surface area contributed by atoms with Gasteiger partial charge in [-0.15, -0.1) is 0 Å². The topological polar surface area (TPSA) is 88.1 Å². The predicted octanol–water partition coefficient (Wildman–Crippen LogP) is 1.94. The minimum atomic E-state index is -0.518. The van der Waals surface area contributed by atoms with E-state index < -0.39 is 5.97 Å². The second kappa shape index (κ2) is 5.69. The molecule has 2 aromatic heterocycles. The SMILES string of the molecule is COC(=O)c1ccc(CNc2cccc(C#N)n2)o1. The summed E-state index contributed by atoms with van der Waals surface area (Å²) in [5, 5.41) is 11.7. The molecule has 0 radical (unpaired) electrons. The van der Waals surface area contributed by atoms with Crippen molar-refractivity contribution in [3.8, 4) is 6.07 Å². The van der Waals surface area contributed by atoms with E-state index in [2.05, 4.69) is 15.0 Å². The number of aromatic nitrogens is 1. The molecule has 0 amide bonds. The number of furan rings is 1. The van der Waals surface area contributed by atoms with E-state index in [4.69, 9.17) is 9.68 Å². The molecule has 0 atom stereocenters. The van der Waals surface area contributed by atoms with Crippen LogP contribution in [0.25, 0.3) is 0 Å².